The predicted molar refractivity (Wildman–Crippen MR) is 132 cm³/mol. The number of nitrogens with zero attached hydrogens (tertiary/aromatic N) is 2. The zero-order chi connectivity index (χ0) is 25.1. The number of morpholine rings is 1. The van der Waals surface area contributed by atoms with E-state index < -0.39 is 17.8 Å². The number of ether oxygens (including phenoxy) is 2. The first-order valence-corrected chi connectivity index (χ1v) is 11.8. The van der Waals surface area contributed by atoms with Crippen LogP contribution in [0.2, 0.25) is 0 Å². The van der Waals surface area contributed by atoms with Crippen LogP contribution in [0.3, 0.4) is 0 Å². The molecule has 5 amide bonds. The normalized spacial score (nSPS) is 17.6. The second kappa shape index (κ2) is 10.4. The van der Waals surface area contributed by atoms with E-state index in [9.17, 15) is 19.2 Å². The van der Waals surface area contributed by atoms with Gasteiger partial charge in [-0.1, -0.05) is 18.2 Å². The van der Waals surface area contributed by atoms with Gasteiger partial charge in [0.05, 0.1) is 23.4 Å². The molecule has 10 heteroatoms. The van der Waals surface area contributed by atoms with E-state index in [0.717, 1.165) is 16.0 Å². The van der Waals surface area contributed by atoms with Crippen LogP contribution in [0.5, 0.6) is 5.75 Å². The maximum atomic E-state index is 13.2. The number of hydrogen-bond donors (Lipinski definition) is 1. The molecule has 0 aliphatic carbocycles. The second-order valence-electron chi connectivity index (χ2n) is 8.15. The van der Waals surface area contributed by atoms with Crippen molar-refractivity contribution in [3.63, 3.8) is 0 Å². The maximum absolute atomic E-state index is 13.2. The topological polar surface area (TPSA) is 105 Å². The summed E-state index contributed by atoms with van der Waals surface area (Å²) in [5.74, 6) is -1.17. The number of benzene rings is 2. The molecule has 9 nitrogen and oxygen atoms in total. The van der Waals surface area contributed by atoms with Gasteiger partial charge in [-0.15, -0.1) is 0 Å². The molecule has 1 N–H and O–H groups in total. The molecular weight excluding hydrogens is 518 g/mol. The Morgan fingerprint density at radius 2 is 1.89 bits per heavy atom. The summed E-state index contributed by atoms with van der Waals surface area (Å²) >= 11 is 3.41. The number of hydrogen-bond acceptors (Lipinski definition) is 6. The minimum atomic E-state index is -0.791. The molecule has 182 valence electrons. The van der Waals surface area contributed by atoms with Crippen molar-refractivity contribution >= 4 is 51.4 Å². The Morgan fingerprint density at radius 1 is 1.14 bits per heavy atom. The SMILES string of the molecule is Cc1cccc(N2C(=O)NC(=O)/C(=C\c3ccc(OCC(=O)N4CCOCC4)c(Br)c3)C2=O)c1C. The first kappa shape index (κ1) is 24.6. The second-order valence-corrected chi connectivity index (χ2v) is 9.00. The summed E-state index contributed by atoms with van der Waals surface area (Å²) in [4.78, 5) is 53.1. The van der Waals surface area contributed by atoms with Crippen LogP contribution in [-0.4, -0.2) is 61.6 Å². The van der Waals surface area contributed by atoms with Gasteiger partial charge in [-0.25, -0.2) is 9.69 Å². The summed E-state index contributed by atoms with van der Waals surface area (Å²) in [6.45, 7) is 5.66. The minimum Gasteiger partial charge on any atom is -0.483 e. The van der Waals surface area contributed by atoms with Crippen LogP contribution < -0.4 is 15.0 Å². The highest BCUT2D eigenvalue weighted by Crippen LogP contribution is 2.29. The van der Waals surface area contributed by atoms with E-state index in [1.165, 1.54) is 6.08 Å². The Labute approximate surface area is 210 Å². The van der Waals surface area contributed by atoms with Gasteiger partial charge in [0.2, 0.25) is 0 Å². The molecule has 2 saturated heterocycles. The fourth-order valence-corrected chi connectivity index (χ4v) is 4.30. The summed E-state index contributed by atoms with van der Waals surface area (Å²) < 4.78 is 11.5. The maximum Gasteiger partial charge on any atom is 0.335 e. The Morgan fingerprint density at radius 3 is 2.60 bits per heavy atom. The third-order valence-electron chi connectivity index (χ3n) is 5.90. The molecule has 2 aromatic rings. The number of urea groups is 1. The van der Waals surface area contributed by atoms with Gasteiger partial charge in [0.25, 0.3) is 17.7 Å². The predicted octanol–water partition coefficient (Wildman–Crippen LogP) is 2.97. The lowest BCUT2D eigenvalue weighted by molar-refractivity contribution is -0.137. The number of halogens is 1. The van der Waals surface area contributed by atoms with Crippen molar-refractivity contribution in [1.82, 2.24) is 10.2 Å². The summed E-state index contributed by atoms with van der Waals surface area (Å²) in [6, 6.07) is 9.46. The van der Waals surface area contributed by atoms with Crippen LogP contribution in [0.4, 0.5) is 10.5 Å². The number of rotatable bonds is 5. The number of nitrogens with one attached hydrogen (secondary N) is 1. The quantitative estimate of drug-likeness (QED) is 0.460. The molecule has 0 unspecified atom stereocenters. The molecule has 0 spiro atoms. The highest BCUT2D eigenvalue weighted by atomic mass is 79.9. The number of carbonyl (C=O) groups is 4. The molecule has 0 radical (unpaired) electrons. The number of carbonyl (C=O) groups excluding carboxylic acids is 4. The van der Waals surface area contributed by atoms with E-state index >= 15 is 0 Å². The molecule has 2 fully saturated rings. The third-order valence-corrected chi connectivity index (χ3v) is 6.52. The Balaban J connectivity index is 1.52. The van der Waals surface area contributed by atoms with E-state index in [1.54, 1.807) is 35.2 Å². The van der Waals surface area contributed by atoms with Gasteiger partial charge in [0.15, 0.2) is 6.61 Å². The smallest absolute Gasteiger partial charge is 0.335 e. The number of amides is 5. The van der Waals surface area contributed by atoms with Crippen molar-refractivity contribution in [1.29, 1.82) is 0 Å². The number of anilines is 1. The highest BCUT2D eigenvalue weighted by Gasteiger charge is 2.37. The molecule has 0 aromatic heterocycles. The molecule has 2 aliphatic rings. The average molecular weight is 542 g/mol. The van der Waals surface area contributed by atoms with Gasteiger partial charge in [0.1, 0.15) is 11.3 Å². The number of aryl methyl sites for hydroxylation is 1. The highest BCUT2D eigenvalue weighted by molar-refractivity contribution is 9.10. The van der Waals surface area contributed by atoms with E-state index in [4.69, 9.17) is 9.47 Å². The van der Waals surface area contributed by atoms with E-state index in [2.05, 4.69) is 21.2 Å². The van der Waals surface area contributed by atoms with Crippen molar-refractivity contribution in [3.05, 3.63) is 63.1 Å². The van der Waals surface area contributed by atoms with Crippen molar-refractivity contribution < 1.29 is 28.7 Å². The van der Waals surface area contributed by atoms with Crippen LogP contribution in [-0.2, 0) is 19.1 Å². The summed E-state index contributed by atoms with van der Waals surface area (Å²) in [7, 11) is 0. The Bertz CT molecular complexity index is 1240. The average Bonchev–Trinajstić information content (AvgIpc) is 2.84. The molecule has 2 aliphatic heterocycles. The van der Waals surface area contributed by atoms with Gasteiger partial charge in [0, 0.05) is 13.1 Å². The molecule has 35 heavy (non-hydrogen) atoms. The van der Waals surface area contributed by atoms with Crippen LogP contribution in [0.15, 0.2) is 46.4 Å². The molecular formula is C25H24BrN3O6. The molecule has 0 saturated carbocycles. The van der Waals surface area contributed by atoms with Crippen molar-refractivity contribution in [2.75, 3.05) is 37.8 Å². The minimum absolute atomic E-state index is 0.118. The molecule has 4 rings (SSSR count). The molecule has 0 bridgehead atoms. The first-order chi connectivity index (χ1) is 16.8. The zero-order valence-electron chi connectivity index (χ0n) is 19.3. The lowest BCUT2D eigenvalue weighted by atomic mass is 10.0. The summed E-state index contributed by atoms with van der Waals surface area (Å²) in [5, 5.41) is 2.24. The summed E-state index contributed by atoms with van der Waals surface area (Å²) in [6.07, 6.45) is 1.41. The number of imide groups is 2. The van der Waals surface area contributed by atoms with Crippen LogP contribution in [0.25, 0.3) is 6.08 Å². The van der Waals surface area contributed by atoms with Gasteiger partial charge in [-0.05, 0) is 70.7 Å². The third kappa shape index (κ3) is 5.28. The molecule has 2 aromatic carbocycles. The van der Waals surface area contributed by atoms with E-state index in [-0.39, 0.29) is 18.1 Å². The Kier molecular flexibility index (Phi) is 7.32. The molecule has 0 atom stereocenters. The lowest BCUT2D eigenvalue weighted by Crippen LogP contribution is -2.54. The standard InChI is InChI=1S/C25H24BrN3O6/c1-15-4-3-5-20(16(15)2)29-24(32)18(23(31)27-25(29)33)12-17-6-7-21(19(26)13-17)35-14-22(30)28-8-10-34-11-9-28/h3-7,12-13H,8-11,14H2,1-2H3,(H,27,31,33)/b18-12+. The van der Waals surface area contributed by atoms with Gasteiger partial charge in [-0.3, -0.25) is 19.7 Å². The number of barbiturate groups is 1. The molecule has 2 heterocycles. The van der Waals surface area contributed by atoms with E-state index in [1.807, 2.05) is 19.9 Å². The van der Waals surface area contributed by atoms with Gasteiger partial charge < -0.3 is 14.4 Å². The van der Waals surface area contributed by atoms with Crippen LogP contribution >= 0.6 is 15.9 Å². The van der Waals surface area contributed by atoms with Crippen LogP contribution in [0, 0.1) is 13.8 Å². The van der Waals surface area contributed by atoms with Gasteiger partial charge >= 0.3 is 6.03 Å². The van der Waals surface area contributed by atoms with Crippen molar-refractivity contribution in [3.8, 4) is 5.75 Å². The first-order valence-electron chi connectivity index (χ1n) is 11.0. The fraction of sp³-hybridized carbons (Fsp3) is 0.280. The largest absolute Gasteiger partial charge is 0.483 e. The Hall–Kier alpha value is -3.50. The van der Waals surface area contributed by atoms with Crippen LogP contribution in [0.1, 0.15) is 16.7 Å². The van der Waals surface area contributed by atoms with Crippen molar-refractivity contribution in [2.24, 2.45) is 0 Å². The summed E-state index contributed by atoms with van der Waals surface area (Å²) in [5.41, 5.74) is 2.46. The van der Waals surface area contributed by atoms with E-state index in [0.29, 0.717) is 47.8 Å². The lowest BCUT2D eigenvalue weighted by Gasteiger charge is -2.28. The van der Waals surface area contributed by atoms with Crippen molar-refractivity contribution in [2.45, 2.75) is 13.8 Å². The monoisotopic (exact) mass is 541 g/mol. The van der Waals surface area contributed by atoms with Gasteiger partial charge in [-0.2, -0.15) is 0 Å². The zero-order valence-corrected chi connectivity index (χ0v) is 20.9. The fourth-order valence-electron chi connectivity index (χ4n) is 3.79.